The summed E-state index contributed by atoms with van der Waals surface area (Å²) in [4.78, 5) is 0. The Hall–Kier alpha value is -1.84. The van der Waals surface area contributed by atoms with Crippen molar-refractivity contribution >= 4 is 0 Å². The monoisotopic (exact) mass is 284 g/mol. The second-order valence-electron chi connectivity index (χ2n) is 5.66. The molecule has 0 fully saturated rings. The first-order valence-electron chi connectivity index (χ1n) is 7.21. The van der Waals surface area contributed by atoms with Crippen molar-refractivity contribution in [2.45, 2.75) is 33.2 Å². The van der Waals surface area contributed by atoms with Crippen LogP contribution in [0.1, 0.15) is 33.9 Å². The van der Waals surface area contributed by atoms with Crippen LogP contribution < -0.4 is 16.0 Å². The number of hydrogen-bond acceptors (Lipinski definition) is 3. The Morgan fingerprint density at radius 3 is 2.24 bits per heavy atom. The quantitative estimate of drug-likeness (QED) is 0.653. The fourth-order valence-corrected chi connectivity index (χ4v) is 2.81. The molecule has 3 heteroatoms. The van der Waals surface area contributed by atoms with Gasteiger partial charge in [0.15, 0.2) is 0 Å². The van der Waals surface area contributed by atoms with Gasteiger partial charge in [0.2, 0.25) is 0 Å². The van der Waals surface area contributed by atoms with E-state index in [1.54, 1.807) is 7.11 Å². The van der Waals surface area contributed by atoms with E-state index < -0.39 is 0 Å². The third-order valence-electron chi connectivity index (χ3n) is 3.68. The van der Waals surface area contributed by atoms with Crippen LogP contribution in [0, 0.1) is 20.8 Å². The zero-order valence-electron chi connectivity index (χ0n) is 13.2. The minimum Gasteiger partial charge on any atom is -0.496 e. The number of nitrogens with two attached hydrogens (primary N) is 1. The zero-order chi connectivity index (χ0) is 15.4. The van der Waals surface area contributed by atoms with Crippen LogP contribution in [0.15, 0.2) is 36.4 Å². The van der Waals surface area contributed by atoms with Gasteiger partial charge in [-0.05, 0) is 38.8 Å². The molecular formula is C18H24N2O. The first-order chi connectivity index (χ1) is 10.0. The van der Waals surface area contributed by atoms with E-state index >= 15 is 0 Å². The van der Waals surface area contributed by atoms with Crippen molar-refractivity contribution in [1.29, 1.82) is 0 Å². The van der Waals surface area contributed by atoms with Gasteiger partial charge in [-0.15, -0.1) is 0 Å². The maximum Gasteiger partial charge on any atom is 0.123 e. The first-order valence-corrected chi connectivity index (χ1v) is 7.21. The first kappa shape index (κ1) is 15.5. The molecule has 0 aliphatic carbocycles. The Morgan fingerprint density at radius 2 is 1.67 bits per heavy atom. The van der Waals surface area contributed by atoms with Crippen LogP contribution in [-0.4, -0.2) is 7.11 Å². The van der Waals surface area contributed by atoms with E-state index in [9.17, 15) is 0 Å². The Kier molecular flexibility index (Phi) is 4.99. The van der Waals surface area contributed by atoms with Gasteiger partial charge in [0.1, 0.15) is 5.75 Å². The maximum atomic E-state index is 5.80. The summed E-state index contributed by atoms with van der Waals surface area (Å²) in [5.74, 6) is 6.67. The second-order valence-corrected chi connectivity index (χ2v) is 5.66. The highest BCUT2D eigenvalue weighted by atomic mass is 16.5. The van der Waals surface area contributed by atoms with E-state index in [2.05, 4.69) is 50.5 Å². The van der Waals surface area contributed by atoms with Crippen molar-refractivity contribution in [3.8, 4) is 5.75 Å². The highest BCUT2D eigenvalue weighted by molar-refractivity contribution is 5.40. The maximum absolute atomic E-state index is 5.80. The SMILES string of the molecule is COc1ccc(C)cc1C(Cc1cc(C)cc(C)c1)NN. The lowest BCUT2D eigenvalue weighted by molar-refractivity contribution is 0.399. The van der Waals surface area contributed by atoms with Crippen molar-refractivity contribution < 1.29 is 4.74 Å². The molecule has 0 radical (unpaired) electrons. The van der Waals surface area contributed by atoms with Crippen molar-refractivity contribution in [2.24, 2.45) is 5.84 Å². The fraction of sp³-hybridized carbons (Fsp3) is 0.333. The van der Waals surface area contributed by atoms with Crippen LogP contribution in [0.2, 0.25) is 0 Å². The third kappa shape index (κ3) is 3.84. The van der Waals surface area contributed by atoms with E-state index in [1.165, 1.54) is 22.3 Å². The molecule has 0 bridgehead atoms. The summed E-state index contributed by atoms with van der Waals surface area (Å²) in [5, 5.41) is 0. The summed E-state index contributed by atoms with van der Waals surface area (Å²) >= 11 is 0. The number of hydrogen-bond donors (Lipinski definition) is 2. The molecule has 112 valence electrons. The molecule has 1 unspecified atom stereocenters. The molecule has 0 saturated heterocycles. The average molecular weight is 284 g/mol. The van der Waals surface area contributed by atoms with Crippen molar-refractivity contribution in [1.82, 2.24) is 5.43 Å². The van der Waals surface area contributed by atoms with Gasteiger partial charge in [-0.1, -0.05) is 47.0 Å². The number of aryl methyl sites for hydroxylation is 3. The smallest absolute Gasteiger partial charge is 0.123 e. The standard InChI is InChI=1S/C18H24N2O/c1-12-5-6-18(21-4)16(10-12)17(20-19)11-15-8-13(2)7-14(3)9-15/h5-10,17,20H,11,19H2,1-4H3. The van der Waals surface area contributed by atoms with Crippen LogP contribution in [0.3, 0.4) is 0 Å². The highest BCUT2D eigenvalue weighted by Crippen LogP contribution is 2.28. The number of rotatable bonds is 5. The van der Waals surface area contributed by atoms with Gasteiger partial charge >= 0.3 is 0 Å². The molecule has 2 aromatic rings. The molecule has 3 nitrogen and oxygen atoms in total. The van der Waals surface area contributed by atoms with Crippen molar-refractivity contribution in [3.05, 3.63) is 64.2 Å². The van der Waals surface area contributed by atoms with Crippen LogP contribution in [0.4, 0.5) is 0 Å². The van der Waals surface area contributed by atoms with Gasteiger partial charge in [-0.2, -0.15) is 0 Å². The predicted octanol–water partition coefficient (Wildman–Crippen LogP) is 3.37. The van der Waals surface area contributed by atoms with Gasteiger partial charge < -0.3 is 4.74 Å². The summed E-state index contributed by atoms with van der Waals surface area (Å²) in [6.45, 7) is 6.32. The molecule has 2 rings (SSSR count). The molecule has 0 aliphatic rings. The number of ether oxygens (including phenoxy) is 1. The average Bonchev–Trinajstić information content (AvgIpc) is 2.43. The van der Waals surface area contributed by atoms with Crippen molar-refractivity contribution in [3.63, 3.8) is 0 Å². The highest BCUT2D eigenvalue weighted by Gasteiger charge is 2.16. The van der Waals surface area contributed by atoms with E-state index in [0.717, 1.165) is 17.7 Å². The molecule has 0 heterocycles. The summed E-state index contributed by atoms with van der Waals surface area (Å²) in [6, 6.07) is 12.8. The third-order valence-corrected chi connectivity index (χ3v) is 3.68. The summed E-state index contributed by atoms with van der Waals surface area (Å²) in [7, 11) is 1.69. The Balaban J connectivity index is 2.33. The largest absolute Gasteiger partial charge is 0.496 e. The predicted molar refractivity (Wildman–Crippen MR) is 87.4 cm³/mol. The number of benzene rings is 2. The van der Waals surface area contributed by atoms with Crippen LogP contribution >= 0.6 is 0 Å². The molecule has 0 spiro atoms. The van der Waals surface area contributed by atoms with Gasteiger partial charge in [-0.3, -0.25) is 11.3 Å². The summed E-state index contributed by atoms with van der Waals surface area (Å²) in [6.07, 6.45) is 0.832. The van der Waals surface area contributed by atoms with E-state index in [-0.39, 0.29) is 6.04 Å². The van der Waals surface area contributed by atoms with Gasteiger partial charge in [0, 0.05) is 5.56 Å². The van der Waals surface area contributed by atoms with Crippen LogP contribution in [0.5, 0.6) is 5.75 Å². The normalized spacial score (nSPS) is 12.2. The van der Waals surface area contributed by atoms with E-state index in [1.807, 2.05) is 12.1 Å². The Labute approximate surface area is 127 Å². The fourth-order valence-electron chi connectivity index (χ4n) is 2.81. The molecule has 2 aromatic carbocycles. The molecule has 0 aliphatic heterocycles. The minimum absolute atomic E-state index is 0.0288. The lowest BCUT2D eigenvalue weighted by Gasteiger charge is -2.20. The topological polar surface area (TPSA) is 47.3 Å². The zero-order valence-corrected chi connectivity index (χ0v) is 13.2. The van der Waals surface area contributed by atoms with E-state index in [0.29, 0.717) is 0 Å². The number of methoxy groups -OCH3 is 1. The minimum atomic E-state index is 0.0288. The molecule has 1 atom stereocenters. The van der Waals surface area contributed by atoms with Crippen LogP contribution in [0.25, 0.3) is 0 Å². The van der Waals surface area contributed by atoms with Gasteiger partial charge in [0.05, 0.1) is 13.2 Å². The Bertz CT molecular complexity index is 602. The van der Waals surface area contributed by atoms with Crippen LogP contribution in [-0.2, 0) is 6.42 Å². The second kappa shape index (κ2) is 6.74. The molecule has 0 aromatic heterocycles. The van der Waals surface area contributed by atoms with Crippen molar-refractivity contribution in [2.75, 3.05) is 7.11 Å². The summed E-state index contributed by atoms with van der Waals surface area (Å²) < 4.78 is 5.47. The molecule has 0 amide bonds. The number of hydrazine groups is 1. The lowest BCUT2D eigenvalue weighted by atomic mass is 9.95. The molecule has 3 N–H and O–H groups in total. The summed E-state index contributed by atoms with van der Waals surface area (Å²) in [5.41, 5.74) is 9.05. The molecular weight excluding hydrogens is 260 g/mol. The Morgan fingerprint density at radius 1 is 1.00 bits per heavy atom. The number of nitrogens with one attached hydrogen (secondary N) is 1. The molecule has 21 heavy (non-hydrogen) atoms. The van der Waals surface area contributed by atoms with E-state index in [4.69, 9.17) is 10.6 Å². The van der Waals surface area contributed by atoms with Gasteiger partial charge in [0.25, 0.3) is 0 Å². The van der Waals surface area contributed by atoms with Gasteiger partial charge in [-0.25, -0.2) is 0 Å². The molecule has 0 saturated carbocycles. The lowest BCUT2D eigenvalue weighted by Crippen LogP contribution is -2.30.